The molecule has 27 heavy (non-hydrogen) atoms. The van der Waals surface area contributed by atoms with Crippen LogP contribution in [0.4, 0.5) is 5.69 Å². The van der Waals surface area contributed by atoms with E-state index in [-0.39, 0.29) is 41.8 Å². The van der Waals surface area contributed by atoms with Gasteiger partial charge in [0.05, 0.1) is 16.5 Å². The second kappa shape index (κ2) is 7.47. The number of fused-ring (bicyclic) bond motifs is 1. The maximum Gasteiger partial charge on any atom is 0.264 e. The number of nitrogens with one attached hydrogen (secondary N) is 1. The smallest absolute Gasteiger partial charge is 0.264 e. The lowest BCUT2D eigenvalue weighted by molar-refractivity contribution is -0.126. The first-order valence-electron chi connectivity index (χ1n) is 9.04. The molecule has 1 saturated heterocycles. The van der Waals surface area contributed by atoms with Gasteiger partial charge in [-0.05, 0) is 44.9 Å². The highest BCUT2D eigenvalue weighted by atomic mass is 32.2. The van der Waals surface area contributed by atoms with Gasteiger partial charge in [-0.25, -0.2) is 8.42 Å². The molecule has 0 spiro atoms. The minimum atomic E-state index is -3.77. The molecule has 0 aliphatic carbocycles. The molecule has 2 aliphatic heterocycles. The normalized spacial score (nSPS) is 21.0. The molecule has 1 atom stereocenters. The molecule has 0 unspecified atom stereocenters. The number of hydrogen-bond donors (Lipinski definition) is 1. The second-order valence-electron chi connectivity index (χ2n) is 7.24. The maximum absolute atomic E-state index is 13.1. The zero-order valence-electron chi connectivity index (χ0n) is 15.8. The van der Waals surface area contributed by atoms with Crippen LogP contribution in [0.5, 0.6) is 5.75 Å². The van der Waals surface area contributed by atoms with Crippen molar-refractivity contribution in [1.82, 2.24) is 9.62 Å². The lowest BCUT2D eigenvalue weighted by atomic mass is 9.98. The standard InChI is InChI=1S/C18H25N3O5S/c1-12(2)19-18(23)13-5-4-8-21(10-13)27(24,25)14-6-7-16-15(9-14)20(3)17(22)11-26-16/h6-7,9,12-13H,4-5,8,10-11H2,1-3H3,(H,19,23)/t13-/m0/s1. The zero-order chi connectivity index (χ0) is 19.8. The van der Waals surface area contributed by atoms with E-state index in [4.69, 9.17) is 4.74 Å². The number of likely N-dealkylation sites (N-methyl/N-ethyl adjacent to an activating group) is 1. The van der Waals surface area contributed by atoms with Crippen molar-refractivity contribution in [2.45, 2.75) is 37.6 Å². The second-order valence-corrected chi connectivity index (χ2v) is 9.17. The van der Waals surface area contributed by atoms with Crippen molar-refractivity contribution in [3.8, 4) is 5.75 Å². The quantitative estimate of drug-likeness (QED) is 0.819. The van der Waals surface area contributed by atoms with Gasteiger partial charge in [0, 0.05) is 26.2 Å². The van der Waals surface area contributed by atoms with Crippen LogP contribution in [0, 0.1) is 5.92 Å². The minimum Gasteiger partial charge on any atom is -0.482 e. The molecule has 2 heterocycles. The van der Waals surface area contributed by atoms with Crippen LogP contribution in [0.15, 0.2) is 23.1 Å². The maximum atomic E-state index is 13.1. The van der Waals surface area contributed by atoms with Gasteiger partial charge < -0.3 is 15.0 Å². The van der Waals surface area contributed by atoms with Gasteiger partial charge in [-0.2, -0.15) is 4.31 Å². The molecule has 0 aromatic heterocycles. The predicted molar refractivity (Wildman–Crippen MR) is 100 cm³/mol. The van der Waals surface area contributed by atoms with Crippen LogP contribution in [0.3, 0.4) is 0 Å². The average molecular weight is 395 g/mol. The fourth-order valence-electron chi connectivity index (χ4n) is 3.34. The van der Waals surface area contributed by atoms with Crippen LogP contribution in [0.25, 0.3) is 0 Å². The zero-order valence-corrected chi connectivity index (χ0v) is 16.6. The van der Waals surface area contributed by atoms with Crippen LogP contribution < -0.4 is 15.0 Å². The molecule has 1 aromatic carbocycles. The Morgan fingerprint density at radius 2 is 2.07 bits per heavy atom. The van der Waals surface area contributed by atoms with E-state index in [1.165, 1.54) is 21.3 Å². The summed E-state index contributed by atoms with van der Waals surface area (Å²) in [6.45, 7) is 4.22. The van der Waals surface area contributed by atoms with Crippen LogP contribution in [-0.2, 0) is 19.6 Å². The highest BCUT2D eigenvalue weighted by molar-refractivity contribution is 7.89. The van der Waals surface area contributed by atoms with E-state index >= 15 is 0 Å². The Balaban J connectivity index is 1.84. The largest absolute Gasteiger partial charge is 0.482 e. The van der Waals surface area contributed by atoms with Crippen LogP contribution in [0.2, 0.25) is 0 Å². The molecular weight excluding hydrogens is 370 g/mol. The number of benzene rings is 1. The van der Waals surface area contributed by atoms with Crippen molar-refractivity contribution in [1.29, 1.82) is 0 Å². The topological polar surface area (TPSA) is 96.0 Å². The lowest BCUT2D eigenvalue weighted by Gasteiger charge is -2.32. The van der Waals surface area contributed by atoms with Crippen molar-refractivity contribution in [2.24, 2.45) is 5.92 Å². The summed E-state index contributed by atoms with van der Waals surface area (Å²) in [6.07, 6.45) is 1.29. The summed E-state index contributed by atoms with van der Waals surface area (Å²) < 4.78 is 32.9. The number of rotatable bonds is 4. The highest BCUT2D eigenvalue weighted by Gasteiger charge is 2.34. The predicted octanol–water partition coefficient (Wildman–Crippen LogP) is 0.967. The fraction of sp³-hybridized carbons (Fsp3) is 0.556. The Labute approximate surface area is 159 Å². The molecule has 3 rings (SSSR count). The van der Waals surface area contributed by atoms with Crippen LogP contribution in [-0.4, -0.2) is 57.3 Å². The first kappa shape index (κ1) is 19.6. The third-order valence-corrected chi connectivity index (χ3v) is 6.70. The van der Waals surface area contributed by atoms with Crippen molar-refractivity contribution >= 4 is 27.5 Å². The summed E-state index contributed by atoms with van der Waals surface area (Å²) in [5.74, 6) is -0.237. The molecule has 9 heteroatoms. The number of ether oxygens (including phenoxy) is 1. The molecule has 1 N–H and O–H groups in total. The number of nitrogens with zero attached hydrogens (tertiary/aromatic N) is 2. The van der Waals surface area contributed by atoms with Crippen LogP contribution >= 0.6 is 0 Å². The van der Waals surface area contributed by atoms with Gasteiger partial charge in [-0.3, -0.25) is 9.59 Å². The number of anilines is 1. The Morgan fingerprint density at radius 1 is 1.33 bits per heavy atom. The Morgan fingerprint density at radius 3 is 2.78 bits per heavy atom. The number of carbonyl (C=O) groups excluding carboxylic acids is 2. The van der Waals surface area contributed by atoms with Crippen molar-refractivity contribution in [3.63, 3.8) is 0 Å². The van der Waals surface area contributed by atoms with Gasteiger partial charge in [0.15, 0.2) is 6.61 Å². The van der Waals surface area contributed by atoms with Crippen molar-refractivity contribution in [2.75, 3.05) is 31.6 Å². The van der Waals surface area contributed by atoms with E-state index in [1.54, 1.807) is 13.1 Å². The number of sulfonamides is 1. The summed E-state index contributed by atoms with van der Waals surface area (Å²) in [5.41, 5.74) is 0.429. The number of amides is 2. The molecule has 0 radical (unpaired) electrons. The molecule has 1 fully saturated rings. The Bertz CT molecular complexity index is 853. The number of hydrogen-bond acceptors (Lipinski definition) is 5. The molecule has 2 aliphatic rings. The molecule has 0 saturated carbocycles. The summed E-state index contributed by atoms with van der Waals surface area (Å²) in [5, 5.41) is 2.85. The van der Waals surface area contributed by atoms with E-state index < -0.39 is 10.0 Å². The number of piperidine rings is 1. The van der Waals surface area contributed by atoms with E-state index in [0.717, 1.165) is 0 Å². The minimum absolute atomic E-state index is 0.0122. The van der Waals surface area contributed by atoms with Gasteiger partial charge in [0.25, 0.3) is 5.91 Å². The first-order valence-corrected chi connectivity index (χ1v) is 10.5. The van der Waals surface area contributed by atoms with Crippen molar-refractivity contribution in [3.05, 3.63) is 18.2 Å². The fourth-order valence-corrected chi connectivity index (χ4v) is 4.88. The molecular formula is C18H25N3O5S. The summed E-state index contributed by atoms with van der Waals surface area (Å²) in [4.78, 5) is 25.6. The average Bonchev–Trinajstić information content (AvgIpc) is 2.64. The summed E-state index contributed by atoms with van der Waals surface area (Å²) in [6, 6.07) is 4.52. The lowest BCUT2D eigenvalue weighted by Crippen LogP contribution is -2.46. The third-order valence-electron chi connectivity index (χ3n) is 4.84. The van der Waals surface area contributed by atoms with E-state index in [1.807, 2.05) is 13.8 Å². The number of carbonyl (C=O) groups is 2. The van der Waals surface area contributed by atoms with Gasteiger partial charge >= 0.3 is 0 Å². The van der Waals surface area contributed by atoms with E-state index in [0.29, 0.717) is 30.8 Å². The van der Waals surface area contributed by atoms with Gasteiger partial charge in [0.2, 0.25) is 15.9 Å². The summed E-state index contributed by atoms with van der Waals surface area (Å²) >= 11 is 0. The monoisotopic (exact) mass is 395 g/mol. The van der Waals surface area contributed by atoms with Gasteiger partial charge in [-0.1, -0.05) is 0 Å². The highest BCUT2D eigenvalue weighted by Crippen LogP contribution is 2.34. The van der Waals surface area contributed by atoms with Gasteiger partial charge in [0.1, 0.15) is 5.75 Å². The van der Waals surface area contributed by atoms with E-state index in [9.17, 15) is 18.0 Å². The molecule has 2 amide bonds. The Hall–Kier alpha value is -2.13. The molecule has 0 bridgehead atoms. The van der Waals surface area contributed by atoms with E-state index in [2.05, 4.69) is 5.32 Å². The Kier molecular flexibility index (Phi) is 5.43. The molecule has 1 aromatic rings. The van der Waals surface area contributed by atoms with Crippen LogP contribution in [0.1, 0.15) is 26.7 Å². The summed E-state index contributed by atoms with van der Waals surface area (Å²) in [7, 11) is -2.18. The molecule has 8 nitrogen and oxygen atoms in total. The third kappa shape index (κ3) is 3.93. The molecule has 148 valence electrons. The first-order chi connectivity index (χ1) is 12.7. The van der Waals surface area contributed by atoms with Crippen molar-refractivity contribution < 1.29 is 22.7 Å². The van der Waals surface area contributed by atoms with Gasteiger partial charge in [-0.15, -0.1) is 0 Å². The SMILES string of the molecule is CC(C)NC(=O)[C@H]1CCCN(S(=O)(=O)c2ccc3c(c2)N(C)C(=O)CO3)C1.